The molecule has 1 saturated heterocycles. The highest BCUT2D eigenvalue weighted by Gasteiger charge is 2.26. The van der Waals surface area contributed by atoms with E-state index >= 15 is 0 Å². The van der Waals surface area contributed by atoms with Gasteiger partial charge in [0, 0.05) is 36.2 Å². The van der Waals surface area contributed by atoms with Gasteiger partial charge in [0.1, 0.15) is 11.4 Å². The average Bonchev–Trinajstić information content (AvgIpc) is 3.13. The molecule has 5 heteroatoms. The highest BCUT2D eigenvalue weighted by molar-refractivity contribution is 6.00. The molecule has 5 nitrogen and oxygen atoms in total. The van der Waals surface area contributed by atoms with E-state index < -0.39 is 0 Å². The molecular weight excluding hydrogens is 362 g/mol. The van der Waals surface area contributed by atoms with Crippen molar-refractivity contribution in [3.05, 3.63) is 60.3 Å². The summed E-state index contributed by atoms with van der Waals surface area (Å²) in [5.74, 6) is 0.901. The molecule has 0 atom stereocenters. The first-order valence-corrected chi connectivity index (χ1v) is 10.4. The van der Waals surface area contributed by atoms with Gasteiger partial charge in [0.25, 0.3) is 5.91 Å². The number of nitrogens with one attached hydrogen (secondary N) is 1. The normalized spacial score (nSPS) is 15.2. The van der Waals surface area contributed by atoms with E-state index in [0.29, 0.717) is 17.8 Å². The van der Waals surface area contributed by atoms with Gasteiger partial charge in [-0.2, -0.15) is 0 Å². The van der Waals surface area contributed by atoms with Crippen LogP contribution in [0.25, 0.3) is 16.6 Å². The summed E-state index contributed by atoms with van der Waals surface area (Å²) in [7, 11) is 1.66. The number of carbonyl (C=O) groups is 1. The van der Waals surface area contributed by atoms with Gasteiger partial charge in [0.05, 0.1) is 12.6 Å². The SMILES string of the molecule is COc1ccc(-n2c(C(=O)N3CCC(NC(C)C)CC3)cc3ccccc32)cc1. The van der Waals surface area contributed by atoms with Crippen LogP contribution in [-0.2, 0) is 0 Å². The summed E-state index contributed by atoms with van der Waals surface area (Å²) < 4.78 is 7.36. The number of amides is 1. The Bertz CT molecular complexity index is 983. The van der Waals surface area contributed by atoms with Crippen molar-refractivity contribution in [1.29, 1.82) is 0 Å². The zero-order valence-electron chi connectivity index (χ0n) is 17.4. The van der Waals surface area contributed by atoms with Gasteiger partial charge in [-0.15, -0.1) is 0 Å². The molecule has 1 N–H and O–H groups in total. The largest absolute Gasteiger partial charge is 0.497 e. The summed E-state index contributed by atoms with van der Waals surface area (Å²) in [4.78, 5) is 15.5. The minimum absolute atomic E-state index is 0.0972. The second kappa shape index (κ2) is 8.29. The van der Waals surface area contributed by atoms with Crippen molar-refractivity contribution < 1.29 is 9.53 Å². The Kier molecular flexibility index (Phi) is 5.58. The molecule has 0 radical (unpaired) electrons. The molecule has 4 rings (SSSR count). The lowest BCUT2D eigenvalue weighted by molar-refractivity contribution is 0.0695. The van der Waals surface area contributed by atoms with Crippen LogP contribution in [0.1, 0.15) is 37.2 Å². The molecule has 1 amide bonds. The van der Waals surface area contributed by atoms with Crippen LogP contribution in [0, 0.1) is 0 Å². The van der Waals surface area contributed by atoms with Gasteiger partial charge in [-0.1, -0.05) is 32.0 Å². The summed E-state index contributed by atoms with van der Waals surface area (Å²) in [5.41, 5.74) is 2.72. The maximum atomic E-state index is 13.5. The fourth-order valence-electron chi connectivity index (χ4n) is 4.20. The van der Waals surface area contributed by atoms with Crippen LogP contribution >= 0.6 is 0 Å². The third kappa shape index (κ3) is 4.01. The van der Waals surface area contributed by atoms with Crippen LogP contribution in [-0.4, -0.2) is 47.7 Å². The zero-order valence-corrected chi connectivity index (χ0v) is 17.4. The van der Waals surface area contributed by atoms with Gasteiger partial charge in [-0.3, -0.25) is 4.79 Å². The van der Waals surface area contributed by atoms with Crippen LogP contribution in [0.5, 0.6) is 5.75 Å². The average molecular weight is 392 g/mol. The first kappa shape index (κ1) is 19.5. The molecule has 2 heterocycles. The fourth-order valence-corrected chi connectivity index (χ4v) is 4.20. The minimum Gasteiger partial charge on any atom is -0.497 e. The lowest BCUT2D eigenvalue weighted by Gasteiger charge is -2.33. The van der Waals surface area contributed by atoms with Crippen molar-refractivity contribution in [2.24, 2.45) is 0 Å². The van der Waals surface area contributed by atoms with Crippen LogP contribution < -0.4 is 10.1 Å². The van der Waals surface area contributed by atoms with E-state index in [-0.39, 0.29) is 5.91 Å². The lowest BCUT2D eigenvalue weighted by Crippen LogP contribution is -2.46. The van der Waals surface area contributed by atoms with Crippen molar-refractivity contribution in [2.75, 3.05) is 20.2 Å². The van der Waals surface area contributed by atoms with Crippen LogP contribution in [0.4, 0.5) is 0 Å². The number of hydrogen-bond donors (Lipinski definition) is 1. The summed E-state index contributed by atoms with van der Waals surface area (Å²) in [5, 5.41) is 4.67. The van der Waals surface area contributed by atoms with E-state index in [1.165, 1.54) is 0 Å². The first-order valence-electron chi connectivity index (χ1n) is 10.4. The monoisotopic (exact) mass is 391 g/mol. The van der Waals surface area contributed by atoms with Crippen LogP contribution in [0.15, 0.2) is 54.6 Å². The Morgan fingerprint density at radius 1 is 1.07 bits per heavy atom. The Morgan fingerprint density at radius 2 is 1.76 bits per heavy atom. The van der Waals surface area contributed by atoms with Crippen LogP contribution in [0.3, 0.4) is 0 Å². The number of hydrogen-bond acceptors (Lipinski definition) is 3. The molecule has 0 spiro atoms. The summed E-state index contributed by atoms with van der Waals surface area (Å²) >= 11 is 0. The predicted molar refractivity (Wildman–Crippen MR) is 117 cm³/mol. The van der Waals surface area contributed by atoms with Gasteiger partial charge in [-0.25, -0.2) is 0 Å². The van der Waals surface area contributed by atoms with Crippen molar-refractivity contribution >= 4 is 16.8 Å². The van der Waals surface area contributed by atoms with E-state index in [1.807, 2.05) is 47.4 Å². The number of benzene rings is 2. The number of likely N-dealkylation sites (tertiary alicyclic amines) is 1. The van der Waals surface area contributed by atoms with Gasteiger partial charge in [0.2, 0.25) is 0 Å². The number of methoxy groups -OCH3 is 1. The van der Waals surface area contributed by atoms with Crippen molar-refractivity contribution in [2.45, 2.75) is 38.8 Å². The fraction of sp³-hybridized carbons (Fsp3) is 0.375. The summed E-state index contributed by atoms with van der Waals surface area (Å²) in [6.45, 7) is 5.91. The van der Waals surface area contributed by atoms with Crippen molar-refractivity contribution in [3.8, 4) is 11.4 Å². The smallest absolute Gasteiger partial charge is 0.270 e. The third-order valence-electron chi connectivity index (χ3n) is 5.61. The molecule has 0 unspecified atom stereocenters. The number of aromatic nitrogens is 1. The Labute approximate surface area is 172 Å². The second-order valence-corrected chi connectivity index (χ2v) is 8.01. The van der Waals surface area contributed by atoms with E-state index in [0.717, 1.165) is 48.3 Å². The topological polar surface area (TPSA) is 46.5 Å². The van der Waals surface area contributed by atoms with E-state index in [2.05, 4.69) is 35.9 Å². The van der Waals surface area contributed by atoms with Gasteiger partial charge >= 0.3 is 0 Å². The molecule has 2 aromatic carbocycles. The first-order chi connectivity index (χ1) is 14.1. The maximum Gasteiger partial charge on any atom is 0.270 e. The number of para-hydroxylation sites is 1. The highest BCUT2D eigenvalue weighted by Crippen LogP contribution is 2.27. The molecule has 152 valence electrons. The van der Waals surface area contributed by atoms with Gasteiger partial charge < -0.3 is 19.5 Å². The molecule has 3 aromatic rings. The predicted octanol–water partition coefficient (Wildman–Crippen LogP) is 4.24. The lowest BCUT2D eigenvalue weighted by atomic mass is 10.0. The molecule has 0 saturated carbocycles. The minimum atomic E-state index is 0.0972. The van der Waals surface area contributed by atoms with Crippen LogP contribution in [0.2, 0.25) is 0 Å². The zero-order chi connectivity index (χ0) is 20.4. The number of ether oxygens (including phenoxy) is 1. The van der Waals surface area contributed by atoms with Gasteiger partial charge in [0.15, 0.2) is 0 Å². The maximum absolute atomic E-state index is 13.5. The number of rotatable bonds is 5. The Morgan fingerprint density at radius 3 is 2.41 bits per heavy atom. The van der Waals surface area contributed by atoms with Crippen molar-refractivity contribution in [3.63, 3.8) is 0 Å². The molecule has 29 heavy (non-hydrogen) atoms. The molecule has 0 aliphatic carbocycles. The molecule has 0 bridgehead atoms. The Hall–Kier alpha value is -2.79. The molecule has 1 aromatic heterocycles. The number of nitrogens with zero attached hydrogens (tertiary/aromatic N) is 2. The number of piperidine rings is 1. The van der Waals surface area contributed by atoms with E-state index in [1.54, 1.807) is 7.11 Å². The summed E-state index contributed by atoms with van der Waals surface area (Å²) in [6.07, 6.45) is 1.99. The molecule has 1 fully saturated rings. The molecular formula is C24H29N3O2. The van der Waals surface area contributed by atoms with Gasteiger partial charge in [-0.05, 0) is 49.2 Å². The van der Waals surface area contributed by atoms with E-state index in [9.17, 15) is 4.79 Å². The molecule has 1 aliphatic rings. The summed E-state index contributed by atoms with van der Waals surface area (Å²) in [6, 6.07) is 19.0. The number of fused-ring (bicyclic) bond motifs is 1. The second-order valence-electron chi connectivity index (χ2n) is 8.01. The Balaban J connectivity index is 1.66. The van der Waals surface area contributed by atoms with Crippen molar-refractivity contribution in [1.82, 2.24) is 14.8 Å². The quantitative estimate of drug-likeness (QED) is 0.708. The van der Waals surface area contributed by atoms with E-state index in [4.69, 9.17) is 4.74 Å². The highest BCUT2D eigenvalue weighted by atomic mass is 16.5. The third-order valence-corrected chi connectivity index (χ3v) is 5.61. The number of carbonyl (C=O) groups excluding carboxylic acids is 1. The standard InChI is InChI=1S/C24H29N3O2/c1-17(2)25-19-12-14-26(15-13-19)24(28)23-16-18-6-4-5-7-22(18)27(23)20-8-10-21(29-3)11-9-20/h4-11,16-17,19,25H,12-15H2,1-3H3. The molecule has 1 aliphatic heterocycles.